The van der Waals surface area contributed by atoms with E-state index < -0.39 is 17.5 Å². The summed E-state index contributed by atoms with van der Waals surface area (Å²) in [6, 6.07) is 6.63. The molecule has 0 unspecified atom stereocenters. The number of imidazole rings is 1. The highest BCUT2D eigenvalue weighted by atomic mass is 19.2. The van der Waals surface area contributed by atoms with Crippen LogP contribution >= 0.6 is 0 Å². The van der Waals surface area contributed by atoms with Crippen LogP contribution in [0.4, 0.5) is 19.1 Å². The number of fused-ring (bicyclic) bond motifs is 1. The topological polar surface area (TPSA) is 43.8 Å². The van der Waals surface area contributed by atoms with Gasteiger partial charge >= 0.3 is 0 Å². The summed E-state index contributed by atoms with van der Waals surface area (Å²) in [7, 11) is 0. The highest BCUT2D eigenvalue weighted by Crippen LogP contribution is 2.28. The lowest BCUT2D eigenvalue weighted by atomic mass is 10.2. The number of halogens is 3. The van der Waals surface area contributed by atoms with Crippen LogP contribution in [0, 0.1) is 24.4 Å². The normalized spacial score (nSPS) is 11.2. The minimum atomic E-state index is -1.06. The maximum absolute atomic E-state index is 14.0. The van der Waals surface area contributed by atoms with Crippen LogP contribution in [-0.2, 0) is 0 Å². The third kappa shape index (κ3) is 1.65. The van der Waals surface area contributed by atoms with Gasteiger partial charge in [0.25, 0.3) is 0 Å². The van der Waals surface area contributed by atoms with Gasteiger partial charge < -0.3 is 5.73 Å². The standard InChI is InChI=1S/C14H10F3N3/c1-7-8(15)3-2-4-11(7)20-13-10(19-14(20)18)6-5-9(16)12(13)17/h2-6H,1H3,(H2,18,19). The van der Waals surface area contributed by atoms with Crippen molar-refractivity contribution >= 4 is 17.0 Å². The average molecular weight is 277 g/mol. The van der Waals surface area contributed by atoms with Crippen LogP contribution in [-0.4, -0.2) is 9.55 Å². The molecule has 3 rings (SSSR count). The molecule has 6 heteroatoms. The van der Waals surface area contributed by atoms with Crippen LogP contribution in [0.3, 0.4) is 0 Å². The lowest BCUT2D eigenvalue weighted by Gasteiger charge is -2.11. The molecule has 20 heavy (non-hydrogen) atoms. The van der Waals surface area contributed by atoms with Gasteiger partial charge in [-0.3, -0.25) is 4.57 Å². The van der Waals surface area contributed by atoms with Crippen LogP contribution in [0.5, 0.6) is 0 Å². The third-order valence-corrected chi connectivity index (χ3v) is 3.22. The van der Waals surface area contributed by atoms with Crippen molar-refractivity contribution in [1.29, 1.82) is 0 Å². The predicted octanol–water partition coefficient (Wildman–Crippen LogP) is 3.33. The molecule has 0 aliphatic rings. The molecule has 102 valence electrons. The first-order valence-corrected chi connectivity index (χ1v) is 5.88. The van der Waals surface area contributed by atoms with E-state index in [0.717, 1.165) is 6.07 Å². The van der Waals surface area contributed by atoms with E-state index in [1.165, 1.54) is 29.7 Å². The molecule has 0 spiro atoms. The number of aromatic nitrogens is 2. The Labute approximate surface area is 112 Å². The molecule has 0 atom stereocenters. The average Bonchev–Trinajstić information content (AvgIpc) is 2.75. The van der Waals surface area contributed by atoms with E-state index in [9.17, 15) is 13.2 Å². The molecule has 0 saturated heterocycles. The van der Waals surface area contributed by atoms with Crippen molar-refractivity contribution in [2.75, 3.05) is 5.73 Å². The number of nitrogens with two attached hydrogens (primary N) is 1. The Kier molecular flexibility index (Phi) is 2.67. The van der Waals surface area contributed by atoms with Crippen molar-refractivity contribution in [3.05, 3.63) is 53.3 Å². The van der Waals surface area contributed by atoms with Gasteiger partial charge in [-0.15, -0.1) is 0 Å². The molecule has 0 aliphatic heterocycles. The first-order valence-electron chi connectivity index (χ1n) is 5.88. The smallest absolute Gasteiger partial charge is 0.206 e. The van der Waals surface area contributed by atoms with E-state index in [1.807, 2.05) is 0 Å². The van der Waals surface area contributed by atoms with Gasteiger partial charge in [-0.2, -0.15) is 0 Å². The number of anilines is 1. The zero-order valence-electron chi connectivity index (χ0n) is 10.5. The number of hydrogen-bond donors (Lipinski definition) is 1. The first kappa shape index (κ1) is 12.5. The minimum Gasteiger partial charge on any atom is -0.369 e. The van der Waals surface area contributed by atoms with Crippen LogP contribution in [0.15, 0.2) is 30.3 Å². The Morgan fingerprint density at radius 3 is 2.55 bits per heavy atom. The van der Waals surface area contributed by atoms with E-state index in [4.69, 9.17) is 5.73 Å². The van der Waals surface area contributed by atoms with Gasteiger partial charge in [-0.25, -0.2) is 18.2 Å². The molecular formula is C14H10F3N3. The van der Waals surface area contributed by atoms with Gasteiger partial charge in [0, 0.05) is 5.56 Å². The zero-order chi connectivity index (χ0) is 14.4. The second-order valence-electron chi connectivity index (χ2n) is 4.42. The van der Waals surface area contributed by atoms with Crippen molar-refractivity contribution in [1.82, 2.24) is 9.55 Å². The van der Waals surface area contributed by atoms with E-state index in [0.29, 0.717) is 5.69 Å². The van der Waals surface area contributed by atoms with Gasteiger partial charge in [0.05, 0.1) is 11.2 Å². The monoisotopic (exact) mass is 277 g/mol. The Bertz CT molecular complexity index is 824. The molecule has 0 amide bonds. The molecular weight excluding hydrogens is 267 g/mol. The highest BCUT2D eigenvalue weighted by Gasteiger charge is 2.19. The summed E-state index contributed by atoms with van der Waals surface area (Å²) < 4.78 is 42.3. The highest BCUT2D eigenvalue weighted by molar-refractivity contribution is 5.82. The van der Waals surface area contributed by atoms with Crippen LogP contribution in [0.1, 0.15) is 5.56 Å². The summed E-state index contributed by atoms with van der Waals surface area (Å²) in [5, 5.41) is 0. The Morgan fingerprint density at radius 1 is 1.05 bits per heavy atom. The number of nitrogen functional groups attached to an aromatic ring is 1. The van der Waals surface area contributed by atoms with E-state index in [-0.39, 0.29) is 22.5 Å². The Morgan fingerprint density at radius 2 is 1.80 bits per heavy atom. The van der Waals surface area contributed by atoms with Crippen LogP contribution in [0.25, 0.3) is 16.7 Å². The SMILES string of the molecule is Cc1c(F)cccc1-n1c(N)nc2ccc(F)c(F)c21. The summed E-state index contributed by atoms with van der Waals surface area (Å²) >= 11 is 0. The number of benzene rings is 2. The predicted molar refractivity (Wildman–Crippen MR) is 70.1 cm³/mol. The quantitative estimate of drug-likeness (QED) is 0.741. The zero-order valence-corrected chi connectivity index (χ0v) is 10.5. The summed E-state index contributed by atoms with van der Waals surface area (Å²) in [6.07, 6.45) is 0. The Balaban J connectivity index is 2.45. The van der Waals surface area contributed by atoms with Gasteiger partial charge in [-0.05, 0) is 31.2 Å². The summed E-state index contributed by atoms with van der Waals surface area (Å²) in [4.78, 5) is 3.97. The van der Waals surface area contributed by atoms with Gasteiger partial charge in [0.2, 0.25) is 5.95 Å². The van der Waals surface area contributed by atoms with Gasteiger partial charge in [0.15, 0.2) is 11.6 Å². The van der Waals surface area contributed by atoms with Crippen molar-refractivity contribution in [3.63, 3.8) is 0 Å². The molecule has 3 nitrogen and oxygen atoms in total. The molecule has 2 N–H and O–H groups in total. The molecule has 0 bridgehead atoms. The van der Waals surface area contributed by atoms with Crippen molar-refractivity contribution in [2.45, 2.75) is 6.92 Å². The number of hydrogen-bond acceptors (Lipinski definition) is 2. The van der Waals surface area contributed by atoms with Crippen molar-refractivity contribution in [2.24, 2.45) is 0 Å². The fraction of sp³-hybridized carbons (Fsp3) is 0.0714. The minimum absolute atomic E-state index is 0.0294. The molecule has 0 aliphatic carbocycles. The molecule has 1 aromatic heterocycles. The molecule has 3 aromatic rings. The largest absolute Gasteiger partial charge is 0.369 e. The lowest BCUT2D eigenvalue weighted by molar-refractivity contribution is 0.514. The molecule has 1 heterocycles. The molecule has 0 saturated carbocycles. The lowest BCUT2D eigenvalue weighted by Crippen LogP contribution is -2.05. The van der Waals surface area contributed by atoms with E-state index >= 15 is 0 Å². The molecule has 0 fully saturated rings. The van der Waals surface area contributed by atoms with E-state index in [1.54, 1.807) is 6.07 Å². The van der Waals surface area contributed by atoms with Crippen LogP contribution < -0.4 is 5.73 Å². The van der Waals surface area contributed by atoms with Gasteiger partial charge in [-0.1, -0.05) is 6.07 Å². The second kappa shape index (κ2) is 4.26. The van der Waals surface area contributed by atoms with Gasteiger partial charge in [0.1, 0.15) is 11.3 Å². The Hall–Kier alpha value is -2.50. The van der Waals surface area contributed by atoms with E-state index in [2.05, 4.69) is 4.98 Å². The summed E-state index contributed by atoms with van der Waals surface area (Å²) in [5.74, 6) is -2.55. The van der Waals surface area contributed by atoms with Crippen LogP contribution in [0.2, 0.25) is 0 Å². The number of rotatable bonds is 1. The fourth-order valence-corrected chi connectivity index (χ4v) is 2.20. The maximum atomic E-state index is 14.0. The molecule has 2 aromatic carbocycles. The fourth-order valence-electron chi connectivity index (χ4n) is 2.20. The second-order valence-corrected chi connectivity index (χ2v) is 4.42. The van der Waals surface area contributed by atoms with Crippen molar-refractivity contribution < 1.29 is 13.2 Å². The molecule has 0 radical (unpaired) electrons. The number of nitrogens with zero attached hydrogens (tertiary/aromatic N) is 2. The summed E-state index contributed by atoms with van der Waals surface area (Å²) in [5.41, 5.74) is 6.48. The first-order chi connectivity index (χ1) is 9.50. The van der Waals surface area contributed by atoms with Crippen molar-refractivity contribution in [3.8, 4) is 5.69 Å². The maximum Gasteiger partial charge on any atom is 0.206 e. The third-order valence-electron chi connectivity index (χ3n) is 3.22. The summed E-state index contributed by atoms with van der Waals surface area (Å²) in [6.45, 7) is 1.53.